The van der Waals surface area contributed by atoms with E-state index in [9.17, 15) is 0 Å². The molecule has 0 aromatic rings. The van der Waals surface area contributed by atoms with E-state index >= 15 is 0 Å². The normalized spacial score (nSPS) is 0. The van der Waals surface area contributed by atoms with Crippen molar-refractivity contribution in [3.8, 4) is 0 Å². The van der Waals surface area contributed by atoms with Crippen LogP contribution in [0.1, 0.15) is 0 Å². The second-order valence-electron chi connectivity index (χ2n) is 0. The van der Waals surface area contributed by atoms with Crippen LogP contribution in [0.15, 0.2) is 0 Å². The van der Waals surface area contributed by atoms with Crippen molar-refractivity contribution in [2.75, 3.05) is 0 Å². The topological polar surface area (TPSA) is 31.5 Å². The molecule has 0 aromatic heterocycles. The van der Waals surface area contributed by atoms with Crippen LogP contribution < -0.4 is 0 Å². The van der Waals surface area contributed by atoms with Crippen LogP contribution in [0.25, 0.3) is 0 Å². The molecular weight excluding hydrogens is 297 g/mol. The molecular formula is H4Ag2Li2OV. The molecule has 2 N–H and O–H groups in total. The summed E-state index contributed by atoms with van der Waals surface area (Å²) in [5, 5.41) is 0. The Morgan fingerprint density at radius 2 is 0.667 bits per heavy atom. The van der Waals surface area contributed by atoms with Gasteiger partial charge in [-0.25, -0.2) is 0 Å². The molecule has 6 heteroatoms. The summed E-state index contributed by atoms with van der Waals surface area (Å²) in [4.78, 5) is 0. The third-order valence-electron chi connectivity index (χ3n) is 0. The molecule has 0 heterocycles. The Labute approximate surface area is 105 Å². The van der Waals surface area contributed by atoms with E-state index in [1.54, 1.807) is 0 Å². The maximum absolute atomic E-state index is 0. The molecule has 0 saturated carbocycles. The number of hydrogen-bond donors (Lipinski definition) is 0. The summed E-state index contributed by atoms with van der Waals surface area (Å²) in [6.45, 7) is 0. The SMILES string of the molecule is O.[Ag].[Ag].[LiH].[LiH].[V]. The van der Waals surface area contributed by atoms with Crippen LogP contribution in [0.2, 0.25) is 0 Å². The Morgan fingerprint density at radius 3 is 0.667 bits per heavy atom. The maximum atomic E-state index is 0. The Balaban J connectivity index is 0. The molecule has 0 aliphatic carbocycles. The molecule has 0 aliphatic heterocycles. The average molecular weight is 301 g/mol. The molecule has 1 nitrogen and oxygen atoms in total. The fourth-order valence-electron chi connectivity index (χ4n) is 0. The van der Waals surface area contributed by atoms with Crippen molar-refractivity contribution in [1.82, 2.24) is 0 Å². The summed E-state index contributed by atoms with van der Waals surface area (Å²) >= 11 is 0. The van der Waals surface area contributed by atoms with E-state index in [0.717, 1.165) is 0 Å². The molecule has 0 saturated heterocycles. The fourth-order valence-corrected chi connectivity index (χ4v) is 0. The largest absolute Gasteiger partial charge is 0 e. The second kappa shape index (κ2) is 41.3. The molecule has 39 valence electrons. The summed E-state index contributed by atoms with van der Waals surface area (Å²) in [5.74, 6) is 0. The molecule has 0 aromatic carbocycles. The van der Waals surface area contributed by atoms with E-state index in [1.165, 1.54) is 0 Å². The van der Waals surface area contributed by atoms with E-state index in [4.69, 9.17) is 0 Å². The smallest absolute Gasteiger partial charge is 0 e. The van der Waals surface area contributed by atoms with Gasteiger partial charge in [-0.15, -0.1) is 0 Å². The molecule has 0 bridgehead atoms. The van der Waals surface area contributed by atoms with Crippen molar-refractivity contribution < 1.29 is 68.8 Å². The van der Waals surface area contributed by atoms with E-state index in [0.29, 0.717) is 0 Å². The van der Waals surface area contributed by atoms with Crippen molar-refractivity contribution in [3.05, 3.63) is 0 Å². The summed E-state index contributed by atoms with van der Waals surface area (Å²) in [5.41, 5.74) is 0. The molecule has 3 radical (unpaired) electrons. The van der Waals surface area contributed by atoms with Gasteiger partial charge in [0.25, 0.3) is 0 Å². The molecule has 0 aliphatic rings. The average Bonchev–Trinajstić information content (AvgIpc) is 0. The predicted octanol–water partition coefficient (Wildman–Crippen LogP) is -2.13. The van der Waals surface area contributed by atoms with Crippen LogP contribution in [0, 0.1) is 0 Å². The molecule has 0 rings (SSSR count). The number of hydrogen-bond acceptors (Lipinski definition) is 0. The zero-order valence-electron chi connectivity index (χ0n) is 1.55. The first-order chi connectivity index (χ1) is 0. The summed E-state index contributed by atoms with van der Waals surface area (Å²) in [7, 11) is 0. The van der Waals surface area contributed by atoms with Gasteiger partial charge in [-0.1, -0.05) is 0 Å². The van der Waals surface area contributed by atoms with Crippen molar-refractivity contribution in [2.45, 2.75) is 0 Å². The van der Waals surface area contributed by atoms with Crippen molar-refractivity contribution in [2.24, 2.45) is 0 Å². The quantitative estimate of drug-likeness (QED) is 0.458. The number of rotatable bonds is 0. The minimum Gasteiger partial charge on any atom is 0 e. The fraction of sp³-hybridized carbons (Fsp3) is 0. The minimum absolute atomic E-state index is 0. The van der Waals surface area contributed by atoms with Crippen LogP contribution in [0.5, 0.6) is 0 Å². The predicted molar refractivity (Wildman–Crippen MR) is 17.9 cm³/mol. The Morgan fingerprint density at radius 1 is 0.667 bits per heavy atom. The standard InChI is InChI=1S/2Ag.2Li.H2O.V.2H/h;;;;1H2;;;. The van der Waals surface area contributed by atoms with Crippen LogP contribution in [-0.4, -0.2) is 43.2 Å². The van der Waals surface area contributed by atoms with Gasteiger partial charge in [-0.05, 0) is 0 Å². The van der Waals surface area contributed by atoms with Crippen molar-refractivity contribution >= 4 is 37.7 Å². The van der Waals surface area contributed by atoms with Gasteiger partial charge >= 0.3 is 37.7 Å². The molecule has 6 heavy (non-hydrogen) atoms. The first kappa shape index (κ1) is 60.1. The Bertz CT molecular complexity index is 11.5. The second-order valence-corrected chi connectivity index (χ2v) is 0. The van der Waals surface area contributed by atoms with Crippen LogP contribution in [0.4, 0.5) is 0 Å². The van der Waals surface area contributed by atoms with Crippen molar-refractivity contribution in [1.29, 1.82) is 0 Å². The van der Waals surface area contributed by atoms with E-state index in [-0.39, 0.29) is 107 Å². The Kier molecular flexibility index (Phi) is 414. The first-order valence-corrected chi connectivity index (χ1v) is 0. The van der Waals surface area contributed by atoms with Gasteiger partial charge in [0.1, 0.15) is 0 Å². The summed E-state index contributed by atoms with van der Waals surface area (Å²) < 4.78 is 0. The van der Waals surface area contributed by atoms with Gasteiger partial charge in [-0.2, -0.15) is 0 Å². The summed E-state index contributed by atoms with van der Waals surface area (Å²) in [6.07, 6.45) is 0. The van der Waals surface area contributed by atoms with Gasteiger partial charge in [0.15, 0.2) is 0 Å². The van der Waals surface area contributed by atoms with Crippen LogP contribution in [0.3, 0.4) is 0 Å². The van der Waals surface area contributed by atoms with Crippen LogP contribution >= 0.6 is 0 Å². The molecule has 0 atom stereocenters. The van der Waals surface area contributed by atoms with Crippen molar-refractivity contribution in [3.63, 3.8) is 0 Å². The molecule has 0 amide bonds. The zero-order chi connectivity index (χ0) is 0. The van der Waals surface area contributed by atoms with Gasteiger partial charge in [0.05, 0.1) is 0 Å². The maximum Gasteiger partial charge on any atom is 0 e. The third-order valence-corrected chi connectivity index (χ3v) is 0. The molecule has 0 unspecified atom stereocenters. The minimum atomic E-state index is 0. The summed E-state index contributed by atoms with van der Waals surface area (Å²) in [6, 6.07) is 0. The first-order valence-electron chi connectivity index (χ1n) is 0. The van der Waals surface area contributed by atoms with E-state index in [2.05, 4.69) is 0 Å². The van der Waals surface area contributed by atoms with Gasteiger partial charge in [0, 0.05) is 63.3 Å². The Hall–Kier alpha value is 3.22. The van der Waals surface area contributed by atoms with Crippen LogP contribution in [-0.2, 0) is 63.3 Å². The molecule has 0 fully saturated rings. The van der Waals surface area contributed by atoms with Gasteiger partial charge in [-0.3, -0.25) is 0 Å². The van der Waals surface area contributed by atoms with E-state index in [1.807, 2.05) is 0 Å². The van der Waals surface area contributed by atoms with E-state index < -0.39 is 0 Å². The zero-order valence-corrected chi connectivity index (χ0v) is 5.91. The molecule has 0 spiro atoms. The van der Waals surface area contributed by atoms with Gasteiger partial charge < -0.3 is 5.48 Å². The monoisotopic (exact) mass is 299 g/mol. The van der Waals surface area contributed by atoms with Gasteiger partial charge in [0.2, 0.25) is 0 Å². The third kappa shape index (κ3) is 26.9.